The summed E-state index contributed by atoms with van der Waals surface area (Å²) in [4.78, 5) is 14.4. The predicted octanol–water partition coefficient (Wildman–Crippen LogP) is 4.32. The zero-order chi connectivity index (χ0) is 13.9. The molecule has 2 aromatic carbocycles. The van der Waals surface area contributed by atoms with Crippen LogP contribution in [0.15, 0.2) is 53.0 Å². The second-order valence-electron chi connectivity index (χ2n) is 4.73. The van der Waals surface area contributed by atoms with Crippen LogP contribution in [0.25, 0.3) is 0 Å². The Morgan fingerprint density at radius 3 is 2.50 bits per heavy atom. The van der Waals surface area contributed by atoms with E-state index < -0.39 is 0 Å². The Labute approximate surface area is 126 Å². The smallest absolute Gasteiger partial charge is 0.231 e. The van der Waals surface area contributed by atoms with Crippen LogP contribution in [-0.4, -0.2) is 12.5 Å². The van der Waals surface area contributed by atoms with Crippen LogP contribution in [0.1, 0.15) is 12.8 Å². The highest BCUT2D eigenvalue weighted by Gasteiger charge is 2.23. The molecule has 102 valence electrons. The minimum absolute atomic E-state index is 0.130. The van der Waals surface area contributed by atoms with Gasteiger partial charge in [-0.25, -0.2) is 0 Å². The van der Waals surface area contributed by atoms with Gasteiger partial charge in [0.25, 0.3) is 0 Å². The lowest BCUT2D eigenvalue weighted by molar-refractivity contribution is -0.118. The van der Waals surface area contributed by atoms with E-state index in [0.717, 1.165) is 34.5 Å². The highest BCUT2D eigenvalue weighted by Crippen LogP contribution is 2.37. The molecule has 20 heavy (non-hydrogen) atoms. The molecule has 0 fully saturated rings. The second-order valence-corrected chi connectivity index (χ2v) is 5.58. The summed E-state index contributed by atoms with van der Waals surface area (Å²) in [6, 6.07) is 15.7. The van der Waals surface area contributed by atoms with Gasteiger partial charge in [-0.1, -0.05) is 24.3 Å². The van der Waals surface area contributed by atoms with Crippen molar-refractivity contribution in [3.8, 4) is 0 Å². The van der Waals surface area contributed by atoms with Crippen molar-refractivity contribution < 1.29 is 4.79 Å². The average Bonchev–Trinajstić information content (AvgIpc) is 2.45. The minimum Gasteiger partial charge on any atom is -0.383 e. The lowest BCUT2D eigenvalue weighted by atomic mass is 10.1. The maximum Gasteiger partial charge on any atom is 0.231 e. The maximum absolute atomic E-state index is 12.6. The number of para-hydroxylation sites is 3. The molecule has 0 saturated heterocycles. The van der Waals surface area contributed by atoms with E-state index in [1.54, 1.807) is 4.90 Å². The molecule has 1 N–H and O–H groups in total. The Hall–Kier alpha value is -1.81. The Kier molecular flexibility index (Phi) is 3.74. The number of carbonyl (C=O) groups excluding carboxylic acids is 1. The van der Waals surface area contributed by atoms with Crippen molar-refractivity contribution in [2.45, 2.75) is 12.8 Å². The van der Waals surface area contributed by atoms with Crippen LogP contribution in [0.4, 0.5) is 17.1 Å². The molecule has 1 heterocycles. The van der Waals surface area contributed by atoms with E-state index in [2.05, 4.69) is 21.2 Å². The number of nitrogens with zero attached hydrogens (tertiary/aromatic N) is 1. The summed E-state index contributed by atoms with van der Waals surface area (Å²) in [6.07, 6.45) is 1.39. The first-order chi connectivity index (χ1) is 9.77. The first-order valence-electron chi connectivity index (χ1n) is 6.68. The monoisotopic (exact) mass is 330 g/mol. The number of amides is 1. The van der Waals surface area contributed by atoms with Crippen molar-refractivity contribution in [2.75, 3.05) is 16.8 Å². The van der Waals surface area contributed by atoms with Gasteiger partial charge in [-0.05, 0) is 46.6 Å². The number of rotatable bonds is 1. The molecular weight excluding hydrogens is 316 g/mol. The molecule has 0 spiro atoms. The summed E-state index contributed by atoms with van der Waals surface area (Å²) < 4.78 is 0.920. The predicted molar refractivity (Wildman–Crippen MR) is 85.5 cm³/mol. The normalized spacial score (nSPS) is 15.1. The van der Waals surface area contributed by atoms with Crippen LogP contribution < -0.4 is 10.2 Å². The summed E-state index contributed by atoms with van der Waals surface area (Å²) >= 11 is 3.54. The van der Waals surface area contributed by atoms with E-state index in [9.17, 15) is 4.79 Å². The summed E-state index contributed by atoms with van der Waals surface area (Å²) in [5, 5.41) is 3.40. The van der Waals surface area contributed by atoms with Crippen LogP contribution >= 0.6 is 15.9 Å². The third-order valence-corrected chi connectivity index (χ3v) is 4.04. The van der Waals surface area contributed by atoms with E-state index in [-0.39, 0.29) is 5.91 Å². The van der Waals surface area contributed by atoms with Gasteiger partial charge in [0.2, 0.25) is 5.91 Å². The fourth-order valence-corrected chi connectivity index (χ4v) is 2.89. The summed E-state index contributed by atoms with van der Waals surface area (Å²) in [7, 11) is 0. The van der Waals surface area contributed by atoms with Gasteiger partial charge in [0.05, 0.1) is 17.1 Å². The largest absolute Gasteiger partial charge is 0.383 e. The van der Waals surface area contributed by atoms with Crippen molar-refractivity contribution in [1.29, 1.82) is 0 Å². The van der Waals surface area contributed by atoms with E-state index in [0.29, 0.717) is 6.42 Å². The van der Waals surface area contributed by atoms with Gasteiger partial charge < -0.3 is 5.32 Å². The highest BCUT2D eigenvalue weighted by atomic mass is 79.9. The molecule has 0 aromatic heterocycles. The standard InChI is InChI=1S/C16H15BrN2O/c17-12-6-1-3-8-14(12)19-15-9-4-2-7-13(15)18-11-5-10-16(19)20/h1-4,6-9,18H,5,10-11H2. The number of anilines is 3. The molecule has 1 aliphatic rings. The van der Waals surface area contributed by atoms with Crippen LogP contribution in [0, 0.1) is 0 Å². The first kappa shape index (κ1) is 13.2. The van der Waals surface area contributed by atoms with E-state index >= 15 is 0 Å². The fraction of sp³-hybridized carbons (Fsp3) is 0.188. The number of hydrogen-bond donors (Lipinski definition) is 1. The molecule has 3 rings (SSSR count). The van der Waals surface area contributed by atoms with Gasteiger partial charge in [-0.3, -0.25) is 9.69 Å². The SMILES string of the molecule is O=C1CCCNc2ccccc2N1c1ccccc1Br. The number of benzene rings is 2. The van der Waals surface area contributed by atoms with Crippen LogP contribution in [0.5, 0.6) is 0 Å². The number of carbonyl (C=O) groups is 1. The summed E-state index contributed by atoms with van der Waals surface area (Å²) in [5.41, 5.74) is 2.79. The topological polar surface area (TPSA) is 32.3 Å². The molecule has 0 bridgehead atoms. The van der Waals surface area contributed by atoms with Crippen LogP contribution in [0.3, 0.4) is 0 Å². The van der Waals surface area contributed by atoms with Crippen molar-refractivity contribution >= 4 is 38.9 Å². The zero-order valence-electron chi connectivity index (χ0n) is 11.0. The minimum atomic E-state index is 0.130. The van der Waals surface area contributed by atoms with Crippen molar-refractivity contribution in [3.05, 3.63) is 53.0 Å². The number of nitrogens with one attached hydrogen (secondary N) is 1. The van der Waals surface area contributed by atoms with Crippen molar-refractivity contribution in [3.63, 3.8) is 0 Å². The van der Waals surface area contributed by atoms with Gasteiger partial charge in [0.15, 0.2) is 0 Å². The Morgan fingerprint density at radius 1 is 1.00 bits per heavy atom. The van der Waals surface area contributed by atoms with Crippen LogP contribution in [0.2, 0.25) is 0 Å². The quantitative estimate of drug-likeness (QED) is 0.844. The number of hydrogen-bond acceptors (Lipinski definition) is 2. The lowest BCUT2D eigenvalue weighted by Crippen LogP contribution is -2.29. The molecule has 1 amide bonds. The van der Waals surface area contributed by atoms with E-state index in [1.807, 2.05) is 48.5 Å². The van der Waals surface area contributed by atoms with Gasteiger partial charge in [0.1, 0.15) is 0 Å². The number of halogens is 1. The molecule has 4 heteroatoms. The van der Waals surface area contributed by atoms with Gasteiger partial charge >= 0.3 is 0 Å². The molecule has 3 nitrogen and oxygen atoms in total. The number of fused-ring (bicyclic) bond motifs is 1. The van der Waals surface area contributed by atoms with Crippen molar-refractivity contribution in [1.82, 2.24) is 0 Å². The molecule has 0 atom stereocenters. The molecule has 1 aliphatic heterocycles. The fourth-order valence-electron chi connectivity index (χ4n) is 2.42. The Bertz CT molecular complexity index is 642. The first-order valence-corrected chi connectivity index (χ1v) is 7.47. The molecular formula is C16H15BrN2O. The van der Waals surface area contributed by atoms with Gasteiger partial charge in [0, 0.05) is 17.4 Å². The maximum atomic E-state index is 12.6. The molecule has 0 unspecified atom stereocenters. The van der Waals surface area contributed by atoms with E-state index in [4.69, 9.17) is 0 Å². The third kappa shape index (κ3) is 2.43. The third-order valence-electron chi connectivity index (χ3n) is 3.37. The summed E-state index contributed by atoms with van der Waals surface area (Å²) in [6.45, 7) is 0.826. The molecule has 0 radical (unpaired) electrons. The van der Waals surface area contributed by atoms with E-state index in [1.165, 1.54) is 0 Å². The molecule has 0 aliphatic carbocycles. The van der Waals surface area contributed by atoms with Crippen molar-refractivity contribution in [2.24, 2.45) is 0 Å². The second kappa shape index (κ2) is 5.67. The molecule has 0 saturated carbocycles. The van der Waals surface area contributed by atoms with Crippen LogP contribution in [-0.2, 0) is 4.79 Å². The average molecular weight is 331 g/mol. The summed E-state index contributed by atoms with van der Waals surface area (Å²) in [5.74, 6) is 0.130. The van der Waals surface area contributed by atoms with Gasteiger partial charge in [-0.2, -0.15) is 0 Å². The zero-order valence-corrected chi connectivity index (χ0v) is 12.6. The van der Waals surface area contributed by atoms with Gasteiger partial charge in [-0.15, -0.1) is 0 Å². The highest BCUT2D eigenvalue weighted by molar-refractivity contribution is 9.10. The Balaban J connectivity index is 2.16. The lowest BCUT2D eigenvalue weighted by Gasteiger charge is -2.28. The Morgan fingerprint density at radius 2 is 1.70 bits per heavy atom. The molecule has 2 aromatic rings.